The molecule has 2 aromatic carbocycles. The van der Waals surface area contributed by atoms with E-state index in [1.807, 2.05) is 48.0 Å². The molecule has 5 rings (SSSR count). The first-order valence-electron chi connectivity index (χ1n) is 12.1. The molecule has 2 aliphatic rings. The van der Waals surface area contributed by atoms with Gasteiger partial charge in [-0.05, 0) is 60.9 Å². The number of benzene rings is 2. The highest BCUT2D eigenvalue weighted by atomic mass is 16.5. The average molecular weight is 458 g/mol. The topological polar surface area (TPSA) is 65.6 Å². The van der Waals surface area contributed by atoms with Crippen LogP contribution in [0.25, 0.3) is 11.0 Å². The van der Waals surface area contributed by atoms with Gasteiger partial charge < -0.3 is 4.74 Å². The number of aryl methyl sites for hydroxylation is 1. The molecule has 0 atom stereocenters. The van der Waals surface area contributed by atoms with Gasteiger partial charge in [-0.25, -0.2) is 4.79 Å². The van der Waals surface area contributed by atoms with E-state index in [9.17, 15) is 9.59 Å². The summed E-state index contributed by atoms with van der Waals surface area (Å²) in [7, 11) is 3.45. The minimum Gasteiger partial charge on any atom is -0.497 e. The smallest absolute Gasteiger partial charge is 0.328 e. The Labute approximate surface area is 199 Å². The fourth-order valence-electron chi connectivity index (χ4n) is 5.35. The number of carbonyl (C=O) groups is 1. The normalized spacial score (nSPS) is 20.3. The molecule has 0 bridgehead atoms. The van der Waals surface area contributed by atoms with Crippen molar-refractivity contribution >= 4 is 22.5 Å². The number of hydrogen-bond acceptors (Lipinski definition) is 4. The van der Waals surface area contributed by atoms with Crippen LogP contribution in [0.4, 0.5) is 0 Å². The first-order valence-corrected chi connectivity index (χ1v) is 12.1. The summed E-state index contributed by atoms with van der Waals surface area (Å²) in [5, 5.41) is 0. The summed E-state index contributed by atoms with van der Waals surface area (Å²) in [6.45, 7) is 1.31. The highest BCUT2D eigenvalue weighted by Gasteiger charge is 2.28. The summed E-state index contributed by atoms with van der Waals surface area (Å²) in [6, 6.07) is 15.9. The Morgan fingerprint density at radius 3 is 2.56 bits per heavy atom. The molecule has 3 aromatic rings. The summed E-state index contributed by atoms with van der Waals surface area (Å²) in [5.41, 5.74) is 5.02. The van der Waals surface area contributed by atoms with Gasteiger partial charge in [-0.15, -0.1) is 0 Å². The molecule has 1 saturated carbocycles. The third-order valence-corrected chi connectivity index (χ3v) is 7.36. The molecular weight excluding hydrogens is 426 g/mol. The van der Waals surface area contributed by atoms with Gasteiger partial charge in [0.25, 0.3) is 0 Å². The molecule has 0 spiro atoms. The van der Waals surface area contributed by atoms with Crippen molar-refractivity contribution in [2.24, 2.45) is 23.9 Å². The number of ketones is 1. The Balaban J connectivity index is 1.19. The van der Waals surface area contributed by atoms with E-state index in [-0.39, 0.29) is 11.6 Å². The van der Waals surface area contributed by atoms with E-state index in [0.29, 0.717) is 31.2 Å². The van der Waals surface area contributed by atoms with Gasteiger partial charge in [0, 0.05) is 32.0 Å². The molecule has 0 unspecified atom stereocenters. The molecule has 0 amide bonds. The summed E-state index contributed by atoms with van der Waals surface area (Å²) < 4.78 is 8.94. The first-order chi connectivity index (χ1) is 16.5. The predicted molar refractivity (Wildman–Crippen MR) is 135 cm³/mol. The third-order valence-electron chi connectivity index (χ3n) is 7.36. The van der Waals surface area contributed by atoms with E-state index in [2.05, 4.69) is 23.2 Å². The second kappa shape index (κ2) is 9.45. The van der Waals surface area contributed by atoms with Crippen molar-refractivity contribution in [3.05, 3.63) is 76.2 Å². The SMILES string of the molecule is COc1ccc2c(c1)n(CC1CCC(C(=O)CC3=CC(c4ccccc4)=NC3)CC1)c(=O)n2C. The number of rotatable bonds is 7. The predicted octanol–water partition coefficient (Wildman–Crippen LogP) is 4.54. The number of nitrogens with zero attached hydrogens (tertiary/aromatic N) is 3. The highest BCUT2D eigenvalue weighted by molar-refractivity contribution is 6.10. The molecule has 6 heteroatoms. The average Bonchev–Trinajstić information content (AvgIpc) is 3.43. The van der Waals surface area contributed by atoms with Crippen LogP contribution in [0.5, 0.6) is 5.75 Å². The minimum atomic E-state index is 0.00356. The van der Waals surface area contributed by atoms with Gasteiger partial charge in [0.05, 0.1) is 30.4 Å². The Kier molecular flexibility index (Phi) is 6.22. The Bertz CT molecular complexity index is 1320. The van der Waals surface area contributed by atoms with Crippen LogP contribution in [0.3, 0.4) is 0 Å². The van der Waals surface area contributed by atoms with E-state index < -0.39 is 0 Å². The van der Waals surface area contributed by atoms with E-state index in [1.165, 1.54) is 0 Å². The monoisotopic (exact) mass is 457 g/mol. The molecule has 1 aromatic heterocycles. The van der Waals surface area contributed by atoms with Crippen LogP contribution >= 0.6 is 0 Å². The van der Waals surface area contributed by atoms with Crippen molar-refractivity contribution in [3.63, 3.8) is 0 Å². The van der Waals surface area contributed by atoms with Gasteiger partial charge in [0.1, 0.15) is 11.5 Å². The van der Waals surface area contributed by atoms with Crippen LogP contribution in [0.1, 0.15) is 37.7 Å². The fourth-order valence-corrected chi connectivity index (χ4v) is 5.35. The number of aromatic nitrogens is 2. The van der Waals surface area contributed by atoms with E-state index in [0.717, 1.165) is 59.3 Å². The zero-order valence-corrected chi connectivity index (χ0v) is 19.9. The molecule has 2 heterocycles. The molecule has 1 aliphatic heterocycles. The molecular formula is C28H31N3O3. The van der Waals surface area contributed by atoms with Crippen molar-refractivity contribution in [2.45, 2.75) is 38.6 Å². The maximum atomic E-state index is 13.0. The highest BCUT2D eigenvalue weighted by Crippen LogP contribution is 2.33. The van der Waals surface area contributed by atoms with E-state index in [4.69, 9.17) is 4.74 Å². The van der Waals surface area contributed by atoms with Gasteiger partial charge >= 0.3 is 5.69 Å². The molecule has 1 aliphatic carbocycles. The minimum absolute atomic E-state index is 0.00356. The Morgan fingerprint density at radius 2 is 1.82 bits per heavy atom. The maximum Gasteiger partial charge on any atom is 0.328 e. The Morgan fingerprint density at radius 1 is 1.06 bits per heavy atom. The number of Topliss-reactive ketones (excluding diaryl/α,β-unsaturated/α-hetero) is 1. The Hall–Kier alpha value is -3.41. The van der Waals surface area contributed by atoms with Crippen molar-refractivity contribution in [1.82, 2.24) is 9.13 Å². The van der Waals surface area contributed by atoms with Gasteiger partial charge in [0.2, 0.25) is 0 Å². The lowest BCUT2D eigenvalue weighted by Crippen LogP contribution is -2.29. The van der Waals surface area contributed by atoms with Crippen molar-refractivity contribution in [1.29, 1.82) is 0 Å². The zero-order chi connectivity index (χ0) is 23.7. The number of allylic oxidation sites excluding steroid dienone is 1. The molecule has 176 valence electrons. The zero-order valence-electron chi connectivity index (χ0n) is 19.9. The van der Waals surface area contributed by atoms with Gasteiger partial charge in [-0.3, -0.25) is 18.9 Å². The van der Waals surface area contributed by atoms with Crippen LogP contribution in [0.2, 0.25) is 0 Å². The number of aliphatic imine (C=N–C) groups is 1. The van der Waals surface area contributed by atoms with Crippen LogP contribution in [0.15, 0.2) is 70.0 Å². The standard InChI is InChI=1S/C28H31N3O3/c1-30-25-13-12-23(34-2)16-26(25)31(28(30)33)18-19-8-10-22(11-9-19)27(32)15-20-14-24(29-17-20)21-6-4-3-5-7-21/h3-7,12-14,16,19,22H,8-11,15,17-18H2,1-2H3. The van der Waals surface area contributed by atoms with Gasteiger partial charge in [0.15, 0.2) is 0 Å². The number of imidazole rings is 1. The lowest BCUT2D eigenvalue weighted by atomic mass is 9.78. The molecule has 6 nitrogen and oxygen atoms in total. The fraction of sp³-hybridized carbons (Fsp3) is 0.393. The number of methoxy groups -OCH3 is 1. The van der Waals surface area contributed by atoms with Crippen LogP contribution < -0.4 is 10.4 Å². The van der Waals surface area contributed by atoms with Gasteiger partial charge in [-0.1, -0.05) is 30.3 Å². The number of carbonyl (C=O) groups excluding carboxylic acids is 1. The summed E-state index contributed by atoms with van der Waals surface area (Å²) in [4.78, 5) is 30.5. The van der Waals surface area contributed by atoms with Crippen LogP contribution in [0, 0.1) is 11.8 Å². The van der Waals surface area contributed by atoms with Gasteiger partial charge in [-0.2, -0.15) is 0 Å². The lowest BCUT2D eigenvalue weighted by Gasteiger charge is -2.28. The van der Waals surface area contributed by atoms with Crippen molar-refractivity contribution in [2.75, 3.05) is 13.7 Å². The largest absolute Gasteiger partial charge is 0.497 e. The summed E-state index contributed by atoms with van der Waals surface area (Å²) in [5.74, 6) is 1.60. The lowest BCUT2D eigenvalue weighted by molar-refractivity contribution is -0.123. The second-order valence-electron chi connectivity index (χ2n) is 9.54. The van der Waals surface area contributed by atoms with Crippen LogP contribution in [-0.2, 0) is 18.4 Å². The number of hydrogen-bond donors (Lipinski definition) is 0. The second-order valence-corrected chi connectivity index (χ2v) is 9.54. The third kappa shape index (κ3) is 4.37. The van der Waals surface area contributed by atoms with E-state index in [1.54, 1.807) is 11.7 Å². The maximum absolute atomic E-state index is 13.0. The van der Waals surface area contributed by atoms with Crippen molar-refractivity contribution < 1.29 is 9.53 Å². The number of fused-ring (bicyclic) bond motifs is 1. The number of ether oxygens (including phenoxy) is 1. The summed E-state index contributed by atoms with van der Waals surface area (Å²) >= 11 is 0. The summed E-state index contributed by atoms with van der Waals surface area (Å²) in [6.07, 6.45) is 6.30. The molecule has 0 saturated heterocycles. The molecule has 0 radical (unpaired) electrons. The van der Waals surface area contributed by atoms with Crippen molar-refractivity contribution in [3.8, 4) is 5.75 Å². The molecule has 34 heavy (non-hydrogen) atoms. The molecule has 1 fully saturated rings. The quantitative estimate of drug-likeness (QED) is 0.523. The first kappa shape index (κ1) is 22.4. The van der Waals surface area contributed by atoms with E-state index >= 15 is 0 Å². The molecule has 0 N–H and O–H groups in total. The van der Waals surface area contributed by atoms with Crippen LogP contribution in [-0.4, -0.2) is 34.3 Å².